The lowest BCUT2D eigenvalue weighted by atomic mass is 9.97. The van der Waals surface area contributed by atoms with Crippen molar-refractivity contribution < 1.29 is 22.7 Å². The molecule has 7 heteroatoms. The number of sulfonamides is 1. The summed E-state index contributed by atoms with van der Waals surface area (Å²) >= 11 is 0. The molecular weight excluding hydrogens is 378 g/mol. The van der Waals surface area contributed by atoms with Crippen molar-refractivity contribution in [1.29, 1.82) is 0 Å². The van der Waals surface area contributed by atoms with E-state index < -0.39 is 29.1 Å². The first-order chi connectivity index (χ1) is 13.2. The summed E-state index contributed by atoms with van der Waals surface area (Å²) in [6.45, 7) is 5.06. The van der Waals surface area contributed by atoms with E-state index >= 15 is 0 Å². The number of carbonyl (C=O) groups is 2. The van der Waals surface area contributed by atoms with Crippen molar-refractivity contribution in [3.05, 3.63) is 65.2 Å². The van der Waals surface area contributed by atoms with Crippen LogP contribution in [0, 0.1) is 6.92 Å². The van der Waals surface area contributed by atoms with Gasteiger partial charge in [0.25, 0.3) is 0 Å². The Labute approximate surface area is 166 Å². The number of aryl methyl sites for hydroxylation is 1. The SMILES string of the molecule is CC[C@H](C)c1ccc(C(=O)COC(=O)CNS(=O)(=O)c2ccc(C)cc2)cc1. The first kappa shape index (κ1) is 21.8. The van der Waals surface area contributed by atoms with Crippen LogP contribution in [0.5, 0.6) is 0 Å². The molecule has 0 radical (unpaired) electrons. The molecule has 2 aromatic carbocycles. The fraction of sp³-hybridized carbons (Fsp3) is 0.333. The third-order valence-electron chi connectivity index (χ3n) is 4.52. The average Bonchev–Trinajstić information content (AvgIpc) is 2.70. The van der Waals surface area contributed by atoms with Gasteiger partial charge in [0.1, 0.15) is 6.54 Å². The highest BCUT2D eigenvalue weighted by Gasteiger charge is 2.17. The first-order valence-electron chi connectivity index (χ1n) is 9.08. The standard InChI is InChI=1S/C21H25NO5S/c1-4-16(3)17-7-9-18(10-8-17)20(23)14-27-21(24)13-22-28(25,26)19-11-5-15(2)6-12-19/h5-12,16,22H,4,13-14H2,1-3H3/t16-/m0/s1. The van der Waals surface area contributed by atoms with Crippen molar-refractivity contribution in [1.82, 2.24) is 4.72 Å². The third-order valence-corrected chi connectivity index (χ3v) is 5.93. The summed E-state index contributed by atoms with van der Waals surface area (Å²) in [4.78, 5) is 24.0. The molecule has 0 amide bonds. The van der Waals surface area contributed by atoms with Crippen LogP contribution in [0.3, 0.4) is 0 Å². The zero-order valence-electron chi connectivity index (χ0n) is 16.3. The van der Waals surface area contributed by atoms with Gasteiger partial charge in [-0.1, -0.05) is 55.8 Å². The van der Waals surface area contributed by atoms with E-state index in [-0.39, 0.29) is 10.7 Å². The minimum atomic E-state index is -3.81. The number of ether oxygens (including phenoxy) is 1. The zero-order chi connectivity index (χ0) is 20.7. The van der Waals surface area contributed by atoms with Gasteiger partial charge < -0.3 is 4.74 Å². The Balaban J connectivity index is 1.84. The summed E-state index contributed by atoms with van der Waals surface area (Å²) in [5.74, 6) is -0.755. The van der Waals surface area contributed by atoms with Crippen molar-refractivity contribution in [2.24, 2.45) is 0 Å². The molecule has 0 aromatic heterocycles. The lowest BCUT2D eigenvalue weighted by Crippen LogP contribution is -2.31. The molecular formula is C21H25NO5S. The molecule has 0 aliphatic carbocycles. The fourth-order valence-electron chi connectivity index (χ4n) is 2.47. The van der Waals surface area contributed by atoms with Gasteiger partial charge >= 0.3 is 5.97 Å². The van der Waals surface area contributed by atoms with Crippen LogP contribution in [-0.2, 0) is 19.6 Å². The number of carbonyl (C=O) groups excluding carboxylic acids is 2. The maximum atomic E-state index is 12.1. The van der Waals surface area contributed by atoms with E-state index in [0.29, 0.717) is 11.5 Å². The fourth-order valence-corrected chi connectivity index (χ4v) is 3.44. The number of hydrogen-bond acceptors (Lipinski definition) is 5. The van der Waals surface area contributed by atoms with Crippen LogP contribution in [0.4, 0.5) is 0 Å². The second kappa shape index (κ2) is 9.61. The van der Waals surface area contributed by atoms with Crippen LogP contribution in [0.1, 0.15) is 47.7 Å². The zero-order valence-corrected chi connectivity index (χ0v) is 17.1. The summed E-state index contributed by atoms with van der Waals surface area (Å²) in [5, 5.41) is 0. The van der Waals surface area contributed by atoms with Crippen LogP contribution in [0.2, 0.25) is 0 Å². The second-order valence-electron chi connectivity index (χ2n) is 6.65. The lowest BCUT2D eigenvalue weighted by molar-refractivity contribution is -0.141. The average molecular weight is 404 g/mol. The molecule has 0 aliphatic heterocycles. The molecule has 0 saturated heterocycles. The van der Waals surface area contributed by atoms with E-state index in [1.165, 1.54) is 12.1 Å². The van der Waals surface area contributed by atoms with E-state index in [1.807, 2.05) is 19.1 Å². The van der Waals surface area contributed by atoms with Crippen LogP contribution < -0.4 is 4.72 Å². The minimum Gasteiger partial charge on any atom is -0.456 e. The van der Waals surface area contributed by atoms with Gasteiger partial charge in [0.2, 0.25) is 10.0 Å². The van der Waals surface area contributed by atoms with E-state index in [9.17, 15) is 18.0 Å². The quantitative estimate of drug-likeness (QED) is 0.513. The Morgan fingerprint density at radius 2 is 1.64 bits per heavy atom. The number of rotatable bonds is 9. The Morgan fingerprint density at radius 1 is 1.04 bits per heavy atom. The smallest absolute Gasteiger partial charge is 0.321 e. The molecule has 150 valence electrons. The predicted molar refractivity (Wildman–Crippen MR) is 107 cm³/mol. The maximum Gasteiger partial charge on any atom is 0.321 e. The van der Waals surface area contributed by atoms with Crippen LogP contribution in [0.25, 0.3) is 0 Å². The molecule has 0 spiro atoms. The summed E-state index contributed by atoms with van der Waals surface area (Å²) in [7, 11) is -3.81. The largest absolute Gasteiger partial charge is 0.456 e. The van der Waals surface area contributed by atoms with Gasteiger partial charge in [-0.15, -0.1) is 0 Å². The predicted octanol–water partition coefficient (Wildman–Crippen LogP) is 3.21. The Morgan fingerprint density at radius 3 is 2.21 bits per heavy atom. The molecule has 0 fully saturated rings. The third kappa shape index (κ3) is 6.00. The van der Waals surface area contributed by atoms with Gasteiger partial charge in [-0.25, -0.2) is 8.42 Å². The van der Waals surface area contributed by atoms with Gasteiger partial charge in [-0.3, -0.25) is 9.59 Å². The highest BCUT2D eigenvalue weighted by molar-refractivity contribution is 7.89. The maximum absolute atomic E-state index is 12.1. The van der Waals surface area contributed by atoms with Crippen molar-refractivity contribution in [3.63, 3.8) is 0 Å². The van der Waals surface area contributed by atoms with Crippen LogP contribution in [0.15, 0.2) is 53.4 Å². The topological polar surface area (TPSA) is 89.5 Å². The van der Waals surface area contributed by atoms with Crippen molar-refractivity contribution in [3.8, 4) is 0 Å². The molecule has 0 saturated carbocycles. The van der Waals surface area contributed by atoms with Gasteiger partial charge in [0.15, 0.2) is 12.4 Å². The van der Waals surface area contributed by atoms with Crippen molar-refractivity contribution in [2.75, 3.05) is 13.2 Å². The monoisotopic (exact) mass is 403 g/mol. The molecule has 0 heterocycles. The number of nitrogens with one attached hydrogen (secondary N) is 1. The Kier molecular flexibility index (Phi) is 7.48. The molecule has 1 atom stereocenters. The van der Waals surface area contributed by atoms with Gasteiger partial charge in [-0.2, -0.15) is 4.72 Å². The molecule has 6 nitrogen and oxygen atoms in total. The van der Waals surface area contributed by atoms with Crippen molar-refractivity contribution in [2.45, 2.75) is 38.0 Å². The number of hydrogen-bond donors (Lipinski definition) is 1. The molecule has 0 bridgehead atoms. The number of esters is 1. The molecule has 1 N–H and O–H groups in total. The molecule has 2 rings (SSSR count). The Bertz CT molecular complexity index is 918. The minimum absolute atomic E-state index is 0.0587. The summed E-state index contributed by atoms with van der Waals surface area (Å²) in [6.07, 6.45) is 1.00. The Hall–Kier alpha value is -2.51. The molecule has 0 aliphatic rings. The van der Waals surface area contributed by atoms with Crippen LogP contribution >= 0.6 is 0 Å². The summed E-state index contributed by atoms with van der Waals surface area (Å²) in [6, 6.07) is 13.4. The number of Topliss-reactive ketones (excluding diaryl/α,β-unsaturated/α-hetero) is 1. The first-order valence-corrected chi connectivity index (χ1v) is 10.6. The second-order valence-corrected chi connectivity index (χ2v) is 8.42. The van der Waals surface area contributed by atoms with Gasteiger partial charge in [0.05, 0.1) is 4.90 Å². The number of benzene rings is 2. The summed E-state index contributed by atoms with van der Waals surface area (Å²) in [5.41, 5.74) is 2.51. The van der Waals surface area contributed by atoms with E-state index in [1.54, 1.807) is 24.3 Å². The van der Waals surface area contributed by atoms with E-state index in [2.05, 4.69) is 18.6 Å². The lowest BCUT2D eigenvalue weighted by Gasteiger charge is -2.10. The van der Waals surface area contributed by atoms with Gasteiger partial charge in [-0.05, 0) is 37.0 Å². The van der Waals surface area contributed by atoms with E-state index in [0.717, 1.165) is 17.5 Å². The van der Waals surface area contributed by atoms with E-state index in [4.69, 9.17) is 4.74 Å². The highest BCUT2D eigenvalue weighted by atomic mass is 32.2. The normalized spacial score (nSPS) is 12.4. The number of ketones is 1. The molecule has 28 heavy (non-hydrogen) atoms. The van der Waals surface area contributed by atoms with Crippen molar-refractivity contribution >= 4 is 21.8 Å². The van der Waals surface area contributed by atoms with Crippen LogP contribution in [-0.4, -0.2) is 33.3 Å². The molecule has 2 aromatic rings. The molecule has 0 unspecified atom stereocenters. The van der Waals surface area contributed by atoms with Gasteiger partial charge in [0, 0.05) is 5.56 Å². The highest BCUT2D eigenvalue weighted by Crippen LogP contribution is 2.19. The summed E-state index contributed by atoms with van der Waals surface area (Å²) < 4.78 is 31.3.